The highest BCUT2D eigenvalue weighted by Gasteiger charge is 2.35. The van der Waals surface area contributed by atoms with E-state index in [-0.39, 0.29) is 23.3 Å². The first kappa shape index (κ1) is 20.3. The van der Waals surface area contributed by atoms with Gasteiger partial charge in [-0.25, -0.2) is 9.67 Å². The Morgan fingerprint density at radius 1 is 1.23 bits per heavy atom. The molecule has 4 rings (SSSR count). The van der Waals surface area contributed by atoms with Gasteiger partial charge in [-0.05, 0) is 37.0 Å². The number of nitrogens with one attached hydrogen (secondary N) is 2. The Labute approximate surface area is 177 Å². The second-order valence-corrected chi connectivity index (χ2v) is 7.49. The van der Waals surface area contributed by atoms with Crippen LogP contribution in [-0.2, 0) is 9.59 Å². The number of amides is 3. The van der Waals surface area contributed by atoms with Crippen molar-refractivity contribution >= 4 is 23.5 Å². The Morgan fingerprint density at radius 2 is 2.06 bits per heavy atom. The smallest absolute Gasteiger partial charge is 0.315 e. The highest BCUT2D eigenvalue weighted by molar-refractivity contribution is 6.39. The normalized spacial score (nSPS) is 18.5. The first-order valence-electron chi connectivity index (χ1n) is 9.86. The molecule has 4 heterocycles. The summed E-state index contributed by atoms with van der Waals surface area (Å²) in [6.07, 6.45) is 6.43. The molecule has 31 heavy (non-hydrogen) atoms. The van der Waals surface area contributed by atoms with Crippen LogP contribution >= 0.6 is 0 Å². The molecule has 3 amide bonds. The number of nitrogens with zero attached hydrogens (tertiary/aromatic N) is 5. The summed E-state index contributed by atoms with van der Waals surface area (Å²) in [6, 6.07) is 6.20. The maximum Gasteiger partial charge on any atom is 0.315 e. The number of pyridine rings is 1. The number of nitrogens with two attached hydrogens (primary N) is 1. The SMILES string of the molecule is C[C@@H]1CC[C@@H](c2ccn(-c3cc[nH]n3)n2)N(C(=O)C(=O)Nc2ncccc2C(N)=O)C1. The van der Waals surface area contributed by atoms with E-state index in [2.05, 4.69) is 25.6 Å². The summed E-state index contributed by atoms with van der Waals surface area (Å²) < 4.78 is 1.61. The fourth-order valence-electron chi connectivity index (χ4n) is 3.70. The zero-order valence-corrected chi connectivity index (χ0v) is 16.9. The number of aromatic amines is 1. The van der Waals surface area contributed by atoms with Gasteiger partial charge in [0.2, 0.25) is 0 Å². The van der Waals surface area contributed by atoms with Crippen molar-refractivity contribution in [3.63, 3.8) is 0 Å². The van der Waals surface area contributed by atoms with Crippen LogP contribution in [0.1, 0.15) is 41.9 Å². The summed E-state index contributed by atoms with van der Waals surface area (Å²) in [4.78, 5) is 42.9. The molecule has 3 aromatic heterocycles. The molecule has 1 fully saturated rings. The van der Waals surface area contributed by atoms with Crippen LogP contribution in [0.5, 0.6) is 0 Å². The lowest BCUT2D eigenvalue weighted by Gasteiger charge is -2.37. The summed E-state index contributed by atoms with van der Waals surface area (Å²) in [7, 11) is 0. The van der Waals surface area contributed by atoms with Crippen molar-refractivity contribution in [2.24, 2.45) is 11.7 Å². The van der Waals surface area contributed by atoms with Gasteiger partial charge < -0.3 is 16.0 Å². The number of hydrogen-bond donors (Lipinski definition) is 3. The van der Waals surface area contributed by atoms with Crippen molar-refractivity contribution in [3.05, 3.63) is 54.1 Å². The van der Waals surface area contributed by atoms with E-state index in [1.165, 1.54) is 23.2 Å². The van der Waals surface area contributed by atoms with Crippen molar-refractivity contribution < 1.29 is 14.4 Å². The number of likely N-dealkylation sites (tertiary alicyclic amines) is 1. The molecule has 0 unspecified atom stereocenters. The summed E-state index contributed by atoms with van der Waals surface area (Å²) in [5, 5.41) is 13.8. The third kappa shape index (κ3) is 4.15. The van der Waals surface area contributed by atoms with Gasteiger partial charge in [0, 0.05) is 31.2 Å². The van der Waals surface area contributed by atoms with Gasteiger partial charge >= 0.3 is 11.8 Å². The van der Waals surface area contributed by atoms with E-state index in [0.29, 0.717) is 24.5 Å². The molecule has 0 spiro atoms. The monoisotopic (exact) mass is 422 g/mol. The first-order valence-corrected chi connectivity index (χ1v) is 9.86. The molecule has 1 saturated heterocycles. The van der Waals surface area contributed by atoms with Crippen LogP contribution in [0.2, 0.25) is 0 Å². The van der Waals surface area contributed by atoms with E-state index >= 15 is 0 Å². The minimum absolute atomic E-state index is 0.0324. The Balaban J connectivity index is 1.56. The number of carbonyl (C=O) groups excluding carboxylic acids is 3. The molecular weight excluding hydrogens is 400 g/mol. The van der Waals surface area contributed by atoms with E-state index in [0.717, 1.165) is 6.42 Å². The third-order valence-electron chi connectivity index (χ3n) is 5.25. The molecule has 11 nitrogen and oxygen atoms in total. The average molecular weight is 422 g/mol. The van der Waals surface area contributed by atoms with Crippen molar-refractivity contribution in [3.8, 4) is 5.82 Å². The Bertz CT molecular complexity index is 1110. The molecule has 0 radical (unpaired) electrons. The van der Waals surface area contributed by atoms with Crippen LogP contribution in [-0.4, -0.2) is 54.1 Å². The summed E-state index contributed by atoms with van der Waals surface area (Å²) in [5.74, 6) is -1.53. The largest absolute Gasteiger partial charge is 0.365 e. The standard InChI is InChI=1S/C20H22N8O3/c1-12-4-5-15(14-7-10-28(26-14)16-6-9-23-25-16)27(11-12)20(31)19(30)24-18-13(17(21)29)3-2-8-22-18/h2-3,6-10,12,15H,4-5,11H2,1H3,(H2,21,29)(H,23,25)(H,22,24,30)/t12-,15+/m1/s1. The van der Waals surface area contributed by atoms with Gasteiger partial charge in [0.05, 0.1) is 17.3 Å². The minimum Gasteiger partial charge on any atom is -0.365 e. The fourth-order valence-corrected chi connectivity index (χ4v) is 3.70. The number of aromatic nitrogens is 5. The minimum atomic E-state index is -0.882. The molecular formula is C20H22N8O3. The maximum absolute atomic E-state index is 13.1. The highest BCUT2D eigenvalue weighted by Crippen LogP contribution is 2.33. The third-order valence-corrected chi connectivity index (χ3v) is 5.25. The van der Waals surface area contributed by atoms with Crippen LogP contribution < -0.4 is 11.1 Å². The molecule has 1 aliphatic rings. The Hall–Kier alpha value is -4.02. The number of primary amides is 1. The van der Waals surface area contributed by atoms with Crippen molar-refractivity contribution in [1.29, 1.82) is 0 Å². The van der Waals surface area contributed by atoms with Gasteiger partial charge in [0.15, 0.2) is 5.82 Å². The van der Waals surface area contributed by atoms with Crippen molar-refractivity contribution in [2.75, 3.05) is 11.9 Å². The molecule has 0 aromatic carbocycles. The van der Waals surface area contributed by atoms with Crippen LogP contribution in [0.4, 0.5) is 5.82 Å². The van der Waals surface area contributed by atoms with Gasteiger partial charge in [-0.3, -0.25) is 19.5 Å². The second-order valence-electron chi connectivity index (χ2n) is 7.49. The van der Waals surface area contributed by atoms with Gasteiger partial charge in [-0.15, -0.1) is 0 Å². The van der Waals surface area contributed by atoms with E-state index in [1.54, 1.807) is 23.1 Å². The lowest BCUT2D eigenvalue weighted by atomic mass is 9.92. The second kappa shape index (κ2) is 8.38. The lowest BCUT2D eigenvalue weighted by Crippen LogP contribution is -2.46. The van der Waals surface area contributed by atoms with Crippen LogP contribution in [0.15, 0.2) is 42.9 Å². The van der Waals surface area contributed by atoms with Crippen molar-refractivity contribution in [2.45, 2.75) is 25.8 Å². The average Bonchev–Trinajstić information content (AvgIpc) is 3.45. The quantitative estimate of drug-likeness (QED) is 0.534. The number of piperidine rings is 1. The molecule has 2 atom stereocenters. The Kier molecular flexibility index (Phi) is 5.48. The summed E-state index contributed by atoms with van der Waals surface area (Å²) >= 11 is 0. The van der Waals surface area contributed by atoms with Gasteiger partial charge in [0.25, 0.3) is 5.91 Å². The molecule has 0 bridgehead atoms. The summed E-state index contributed by atoms with van der Waals surface area (Å²) in [6.45, 7) is 2.44. The van der Waals surface area contributed by atoms with E-state index in [4.69, 9.17) is 5.73 Å². The van der Waals surface area contributed by atoms with Crippen LogP contribution in [0, 0.1) is 5.92 Å². The van der Waals surface area contributed by atoms with Gasteiger partial charge in [-0.2, -0.15) is 10.2 Å². The fraction of sp³-hybridized carbons (Fsp3) is 0.300. The number of H-pyrrole nitrogens is 1. The molecule has 0 saturated carbocycles. The first-order chi connectivity index (χ1) is 14.9. The maximum atomic E-state index is 13.1. The predicted molar refractivity (Wildman–Crippen MR) is 110 cm³/mol. The van der Waals surface area contributed by atoms with E-state index in [9.17, 15) is 14.4 Å². The topological polar surface area (TPSA) is 152 Å². The highest BCUT2D eigenvalue weighted by atomic mass is 16.2. The van der Waals surface area contributed by atoms with E-state index < -0.39 is 17.7 Å². The molecule has 4 N–H and O–H groups in total. The number of hydrogen-bond acceptors (Lipinski definition) is 6. The predicted octanol–water partition coefficient (Wildman–Crippen LogP) is 1.03. The molecule has 3 aromatic rings. The Morgan fingerprint density at radius 3 is 2.81 bits per heavy atom. The molecule has 1 aliphatic heterocycles. The number of anilines is 1. The lowest BCUT2D eigenvalue weighted by molar-refractivity contribution is -0.146. The molecule has 160 valence electrons. The van der Waals surface area contributed by atoms with Gasteiger partial charge in [-0.1, -0.05) is 6.92 Å². The van der Waals surface area contributed by atoms with Crippen LogP contribution in [0.3, 0.4) is 0 Å². The summed E-state index contributed by atoms with van der Waals surface area (Å²) in [5.41, 5.74) is 6.03. The number of rotatable bonds is 4. The molecule has 11 heteroatoms. The number of carbonyl (C=O) groups is 3. The zero-order valence-electron chi connectivity index (χ0n) is 16.9. The van der Waals surface area contributed by atoms with Crippen molar-refractivity contribution in [1.82, 2.24) is 29.9 Å². The van der Waals surface area contributed by atoms with Crippen LogP contribution in [0.25, 0.3) is 5.82 Å². The van der Waals surface area contributed by atoms with Gasteiger partial charge in [0.1, 0.15) is 5.82 Å². The molecule has 0 aliphatic carbocycles. The van der Waals surface area contributed by atoms with E-state index in [1.807, 2.05) is 13.0 Å². The zero-order chi connectivity index (χ0) is 22.0.